The summed E-state index contributed by atoms with van der Waals surface area (Å²) >= 11 is 2.18. The molecule has 1 aromatic carbocycles. The number of anilines is 1. The number of benzene rings is 1. The number of nitrogens with zero attached hydrogens (tertiary/aromatic N) is 3. The van der Waals surface area contributed by atoms with Crippen molar-refractivity contribution in [3.05, 3.63) is 45.8 Å². The zero-order chi connectivity index (χ0) is 27.6. The summed E-state index contributed by atoms with van der Waals surface area (Å²) in [5, 5.41) is 19.3. The number of ether oxygens (including phenoxy) is 2. The Morgan fingerprint density at radius 2 is 1.97 bits per heavy atom. The third-order valence-electron chi connectivity index (χ3n) is 5.54. The van der Waals surface area contributed by atoms with Crippen LogP contribution in [-0.4, -0.2) is 53.1 Å². The number of methoxy groups -OCH3 is 1. The lowest BCUT2D eigenvalue weighted by Gasteiger charge is -2.30. The van der Waals surface area contributed by atoms with E-state index >= 15 is 0 Å². The van der Waals surface area contributed by atoms with Crippen LogP contribution in [0.4, 0.5) is 9.80 Å². The summed E-state index contributed by atoms with van der Waals surface area (Å²) in [6, 6.07) is 7.33. The van der Waals surface area contributed by atoms with Crippen LogP contribution < -0.4 is 15.1 Å². The van der Waals surface area contributed by atoms with E-state index in [2.05, 4.69) is 10.6 Å². The van der Waals surface area contributed by atoms with E-state index in [4.69, 9.17) is 14.0 Å². The molecule has 4 rings (SSSR count). The zero-order valence-corrected chi connectivity index (χ0v) is 23.3. The maximum Gasteiger partial charge on any atom is 0.410 e. The molecule has 1 aliphatic rings. The molecule has 11 nitrogen and oxygen atoms in total. The predicted octanol–water partition coefficient (Wildman–Crippen LogP) is 3.21. The second-order valence-corrected chi connectivity index (χ2v) is 11.7. The molecule has 38 heavy (non-hydrogen) atoms. The Bertz CT molecular complexity index is 1360. The van der Waals surface area contributed by atoms with E-state index < -0.39 is 29.5 Å². The Hall–Kier alpha value is -3.58. The molecule has 0 spiro atoms. The normalized spacial score (nSPS) is 13.1. The minimum Gasteiger partial charge on any atom is -0.538 e. The second kappa shape index (κ2) is 11.0. The quantitative estimate of drug-likeness (QED) is 0.274. The Morgan fingerprint density at radius 3 is 2.63 bits per heavy atom. The fourth-order valence-corrected chi connectivity index (χ4v) is 5.82. The van der Waals surface area contributed by atoms with Gasteiger partial charge >= 0.3 is 12.1 Å². The minimum atomic E-state index is -0.660. The molecule has 2 amide bonds. The van der Waals surface area contributed by atoms with Crippen LogP contribution in [0.5, 0.6) is 5.95 Å². The van der Waals surface area contributed by atoms with Crippen LogP contribution >= 0.6 is 23.1 Å². The van der Waals surface area contributed by atoms with Gasteiger partial charge in [-0.1, -0.05) is 17.7 Å². The van der Waals surface area contributed by atoms with Gasteiger partial charge in [0, 0.05) is 23.6 Å². The largest absolute Gasteiger partial charge is 0.538 e. The van der Waals surface area contributed by atoms with E-state index in [1.807, 2.05) is 19.1 Å². The first kappa shape index (κ1) is 27.5. The van der Waals surface area contributed by atoms with Crippen molar-refractivity contribution >= 4 is 46.1 Å². The lowest BCUT2D eigenvalue weighted by Crippen LogP contribution is -2.39. The van der Waals surface area contributed by atoms with E-state index in [9.17, 15) is 19.5 Å². The van der Waals surface area contributed by atoms with E-state index in [1.54, 1.807) is 37.8 Å². The summed E-state index contributed by atoms with van der Waals surface area (Å²) in [6.07, 6.45) is -0.0288. The van der Waals surface area contributed by atoms with Crippen molar-refractivity contribution in [2.45, 2.75) is 51.3 Å². The zero-order valence-electron chi connectivity index (χ0n) is 21.7. The van der Waals surface area contributed by atoms with Gasteiger partial charge in [-0.05, 0) is 56.1 Å². The molecular weight excluding hydrogens is 532 g/mol. The number of carbonyl (C=O) groups excluding carboxylic acids is 3. The number of hydrogen-bond donors (Lipinski definition) is 1. The molecule has 0 unspecified atom stereocenters. The van der Waals surface area contributed by atoms with Crippen molar-refractivity contribution in [3.63, 3.8) is 0 Å². The molecule has 3 aromatic rings. The van der Waals surface area contributed by atoms with E-state index in [-0.39, 0.29) is 22.9 Å². The third-order valence-corrected chi connectivity index (χ3v) is 7.69. The van der Waals surface area contributed by atoms with Gasteiger partial charge in [-0.3, -0.25) is 4.79 Å². The Labute approximate surface area is 227 Å². The molecule has 13 heteroatoms. The number of carbonyl (C=O) groups is 3. The molecule has 0 fully saturated rings. The van der Waals surface area contributed by atoms with Gasteiger partial charge in [-0.2, -0.15) is 0 Å². The van der Waals surface area contributed by atoms with Gasteiger partial charge in [0.05, 0.1) is 30.2 Å². The Morgan fingerprint density at radius 1 is 1.26 bits per heavy atom. The highest BCUT2D eigenvalue weighted by atomic mass is 32.2. The SMILES string of the molecule is COC(=O)c1c(NC(=O)CSc2c([O-])on[n+]2-c2ccc(C)cc2)sc2c1CCN(C(=O)OC(C)(C)C)C2. The lowest BCUT2D eigenvalue weighted by atomic mass is 10.0. The molecule has 0 aliphatic carbocycles. The highest BCUT2D eigenvalue weighted by Crippen LogP contribution is 2.38. The van der Waals surface area contributed by atoms with Gasteiger partial charge in [0.1, 0.15) is 10.6 Å². The van der Waals surface area contributed by atoms with Gasteiger partial charge < -0.3 is 29.3 Å². The number of nitrogens with one attached hydrogen (secondary N) is 1. The van der Waals surface area contributed by atoms with Crippen molar-refractivity contribution < 1.29 is 38.2 Å². The predicted molar refractivity (Wildman–Crippen MR) is 138 cm³/mol. The molecule has 202 valence electrons. The van der Waals surface area contributed by atoms with Gasteiger partial charge in [-0.15, -0.1) is 11.3 Å². The third kappa shape index (κ3) is 6.10. The fourth-order valence-electron chi connectivity index (χ4n) is 3.80. The molecule has 1 aliphatic heterocycles. The first-order chi connectivity index (χ1) is 18.0. The summed E-state index contributed by atoms with van der Waals surface area (Å²) in [5.41, 5.74) is 2.05. The molecule has 0 saturated carbocycles. The van der Waals surface area contributed by atoms with Gasteiger partial charge in [0.25, 0.3) is 5.03 Å². The summed E-state index contributed by atoms with van der Waals surface area (Å²) < 4.78 is 16.6. The second-order valence-electron chi connectivity index (χ2n) is 9.60. The van der Waals surface area contributed by atoms with Crippen LogP contribution in [0, 0.1) is 6.92 Å². The molecule has 0 atom stereocenters. The van der Waals surface area contributed by atoms with Crippen LogP contribution in [-0.2, 0) is 27.2 Å². The number of rotatable bonds is 6. The number of fused-ring (bicyclic) bond motifs is 1. The smallest absolute Gasteiger partial charge is 0.410 e. The minimum absolute atomic E-state index is 0.129. The summed E-state index contributed by atoms with van der Waals surface area (Å²) in [4.78, 5) is 40.4. The average Bonchev–Trinajstić information content (AvgIpc) is 3.40. The highest BCUT2D eigenvalue weighted by molar-refractivity contribution is 7.99. The number of thiophene rings is 1. The summed E-state index contributed by atoms with van der Waals surface area (Å²) in [5.74, 6) is -1.80. The number of esters is 1. The molecule has 2 aromatic heterocycles. The molecule has 0 saturated heterocycles. The maximum absolute atomic E-state index is 12.9. The summed E-state index contributed by atoms with van der Waals surface area (Å²) in [7, 11) is 1.27. The molecule has 0 radical (unpaired) electrons. The van der Waals surface area contributed by atoms with Crippen LogP contribution in [0.3, 0.4) is 0 Å². The fraction of sp³-hybridized carbons (Fsp3) is 0.400. The molecule has 3 heterocycles. The topological polar surface area (TPSA) is 138 Å². The lowest BCUT2D eigenvalue weighted by molar-refractivity contribution is -0.705. The molecular formula is C25H28N4O7S2. The van der Waals surface area contributed by atoms with E-state index in [0.717, 1.165) is 27.8 Å². The van der Waals surface area contributed by atoms with Gasteiger partial charge in [-0.25, -0.2) is 9.59 Å². The van der Waals surface area contributed by atoms with Gasteiger partial charge in [0.15, 0.2) is 5.95 Å². The monoisotopic (exact) mass is 560 g/mol. The highest BCUT2D eigenvalue weighted by Gasteiger charge is 2.33. The Balaban J connectivity index is 1.49. The number of aryl methyl sites for hydroxylation is 1. The van der Waals surface area contributed by atoms with Crippen molar-refractivity contribution in [1.29, 1.82) is 0 Å². The average molecular weight is 561 g/mol. The van der Waals surface area contributed by atoms with Crippen LogP contribution in [0.15, 0.2) is 33.8 Å². The van der Waals surface area contributed by atoms with E-state index in [0.29, 0.717) is 23.7 Å². The van der Waals surface area contributed by atoms with Gasteiger partial charge in [0.2, 0.25) is 11.6 Å². The molecule has 0 bridgehead atoms. The molecule has 1 N–H and O–H groups in total. The first-order valence-corrected chi connectivity index (χ1v) is 13.6. The van der Waals surface area contributed by atoms with Crippen molar-refractivity contribution in [1.82, 2.24) is 10.2 Å². The van der Waals surface area contributed by atoms with E-state index in [1.165, 1.54) is 23.1 Å². The number of aromatic nitrogens is 2. The van der Waals surface area contributed by atoms with Crippen molar-refractivity contribution in [2.75, 3.05) is 24.7 Å². The van der Waals surface area contributed by atoms with Crippen LogP contribution in [0.25, 0.3) is 5.69 Å². The Kier molecular flexibility index (Phi) is 7.97. The van der Waals surface area contributed by atoms with Crippen molar-refractivity contribution in [2.24, 2.45) is 0 Å². The first-order valence-electron chi connectivity index (χ1n) is 11.8. The van der Waals surface area contributed by atoms with Crippen LogP contribution in [0.2, 0.25) is 0 Å². The van der Waals surface area contributed by atoms with Crippen LogP contribution in [0.1, 0.15) is 47.1 Å². The number of hydrogen-bond acceptors (Lipinski definition) is 10. The van der Waals surface area contributed by atoms with Crippen molar-refractivity contribution in [3.8, 4) is 11.6 Å². The maximum atomic E-state index is 12.9. The summed E-state index contributed by atoms with van der Waals surface area (Å²) in [6.45, 7) is 7.94. The number of thioether (sulfide) groups is 1. The standard InChI is InChI=1S/C25H28N4O7S2/c1-14-6-8-15(9-7-14)29-21(23(32)36-27-29)37-13-18(30)26-20-19(22(31)34-5)16-10-11-28(12-17(16)38-20)24(33)35-25(2,3)4/h6-9H,10-13H2,1-5H3,(H-,26,27,30,31,32). The number of amides is 2.